The molecule has 1 unspecified atom stereocenters. The highest BCUT2D eigenvalue weighted by Crippen LogP contribution is 2.16. The van der Waals surface area contributed by atoms with Crippen molar-refractivity contribution in [1.29, 1.82) is 0 Å². The van der Waals surface area contributed by atoms with Crippen LogP contribution in [0.1, 0.15) is 5.56 Å². The van der Waals surface area contributed by atoms with Gasteiger partial charge in [0, 0.05) is 0 Å². The molecule has 0 amide bonds. The zero-order chi connectivity index (χ0) is 13.9. The van der Waals surface area contributed by atoms with Crippen molar-refractivity contribution in [2.75, 3.05) is 7.11 Å². The number of methoxy groups -OCH3 is 1. The molecule has 1 aromatic carbocycles. The van der Waals surface area contributed by atoms with Crippen molar-refractivity contribution in [2.45, 2.75) is 12.6 Å². The van der Waals surface area contributed by atoms with Gasteiger partial charge in [0.05, 0.1) is 7.11 Å². The first-order valence-corrected chi connectivity index (χ1v) is 5.92. The van der Waals surface area contributed by atoms with Crippen molar-refractivity contribution >= 4 is 17.7 Å². The quantitative estimate of drug-likeness (QED) is 0.889. The number of guanidine groups is 1. The lowest BCUT2D eigenvalue weighted by Crippen LogP contribution is -2.34. The van der Waals surface area contributed by atoms with E-state index < -0.39 is 6.04 Å². The van der Waals surface area contributed by atoms with E-state index in [0.29, 0.717) is 18.3 Å². The van der Waals surface area contributed by atoms with Crippen molar-refractivity contribution in [2.24, 2.45) is 31.2 Å². The van der Waals surface area contributed by atoms with E-state index in [9.17, 15) is 0 Å². The van der Waals surface area contributed by atoms with Crippen LogP contribution >= 0.6 is 0 Å². The molecule has 2 aliphatic rings. The van der Waals surface area contributed by atoms with E-state index in [-0.39, 0.29) is 5.96 Å². The number of benzene rings is 1. The Kier molecular flexibility index (Phi) is 3.12. The van der Waals surface area contributed by atoms with Crippen LogP contribution in [0.25, 0.3) is 0 Å². The third-order valence-corrected chi connectivity index (χ3v) is 2.79. The highest BCUT2D eigenvalue weighted by atomic mass is 16.5. The van der Waals surface area contributed by atoms with Crippen molar-refractivity contribution < 1.29 is 9.47 Å². The molecule has 2 N–H and O–H groups in total. The minimum Gasteiger partial charge on any atom is -0.497 e. The predicted molar refractivity (Wildman–Crippen MR) is 72.9 cm³/mol. The summed E-state index contributed by atoms with van der Waals surface area (Å²) in [6.07, 6.45) is 0. The van der Waals surface area contributed by atoms with Crippen LogP contribution in [0.5, 0.6) is 5.75 Å². The maximum atomic E-state index is 5.64. The molecule has 1 atom stereocenters. The fourth-order valence-electron chi connectivity index (χ4n) is 1.78. The zero-order valence-corrected chi connectivity index (χ0v) is 10.7. The average molecular weight is 272 g/mol. The Bertz CT molecular complexity index is 632. The second-order valence-corrected chi connectivity index (χ2v) is 4.12. The van der Waals surface area contributed by atoms with Gasteiger partial charge < -0.3 is 15.2 Å². The van der Waals surface area contributed by atoms with Crippen molar-refractivity contribution in [3.63, 3.8) is 0 Å². The molecule has 8 nitrogen and oxygen atoms in total. The number of amidine groups is 1. The van der Waals surface area contributed by atoms with Crippen LogP contribution in [-0.2, 0) is 11.3 Å². The van der Waals surface area contributed by atoms with E-state index in [0.717, 1.165) is 11.3 Å². The Morgan fingerprint density at radius 3 is 2.75 bits per heavy atom. The molecule has 20 heavy (non-hydrogen) atoms. The van der Waals surface area contributed by atoms with Gasteiger partial charge in [-0.25, -0.2) is 0 Å². The molecule has 0 bridgehead atoms. The van der Waals surface area contributed by atoms with E-state index in [1.54, 1.807) is 7.11 Å². The van der Waals surface area contributed by atoms with Crippen molar-refractivity contribution in [3.05, 3.63) is 29.8 Å². The highest BCUT2D eigenvalue weighted by Gasteiger charge is 2.31. The molecule has 2 aliphatic heterocycles. The van der Waals surface area contributed by atoms with Crippen LogP contribution in [0.15, 0.2) is 49.7 Å². The maximum absolute atomic E-state index is 5.64. The predicted octanol–water partition coefficient (Wildman–Crippen LogP) is 1.09. The first-order chi connectivity index (χ1) is 9.76. The standard InChI is InChI=1S/C12H12N6O2/c1-19-8-4-2-7(3-5-8)6-20-11-9-10(17-18-16-9)14-12(13)15-11/h2-5,9H,6H2,1H3,(H2,13,14,16,17). The van der Waals surface area contributed by atoms with Crippen molar-refractivity contribution in [1.82, 2.24) is 0 Å². The smallest absolute Gasteiger partial charge is 0.227 e. The van der Waals surface area contributed by atoms with E-state index in [2.05, 4.69) is 25.4 Å². The number of rotatable bonds is 3. The Morgan fingerprint density at radius 1 is 1.20 bits per heavy atom. The van der Waals surface area contributed by atoms with Crippen LogP contribution in [0.4, 0.5) is 0 Å². The summed E-state index contributed by atoms with van der Waals surface area (Å²) in [6, 6.07) is 7.05. The van der Waals surface area contributed by atoms with Gasteiger partial charge in [0.1, 0.15) is 12.4 Å². The molecule has 0 spiro atoms. The van der Waals surface area contributed by atoms with Gasteiger partial charge in [-0.2, -0.15) is 9.98 Å². The number of ether oxygens (including phenoxy) is 2. The third-order valence-electron chi connectivity index (χ3n) is 2.79. The van der Waals surface area contributed by atoms with Gasteiger partial charge in [-0.1, -0.05) is 12.1 Å². The second kappa shape index (κ2) is 5.08. The fraction of sp³-hybridized carbons (Fsp3) is 0.250. The molecule has 3 rings (SSSR count). The molecule has 0 aromatic heterocycles. The first-order valence-electron chi connectivity index (χ1n) is 5.92. The summed E-state index contributed by atoms with van der Waals surface area (Å²) >= 11 is 0. The van der Waals surface area contributed by atoms with Gasteiger partial charge >= 0.3 is 0 Å². The molecule has 0 aliphatic carbocycles. The summed E-state index contributed by atoms with van der Waals surface area (Å²) < 4.78 is 10.7. The van der Waals surface area contributed by atoms with Crippen LogP contribution in [0.3, 0.4) is 0 Å². The molecular formula is C12H12N6O2. The van der Waals surface area contributed by atoms with Gasteiger partial charge in [-0.15, -0.1) is 10.2 Å². The topological polar surface area (TPSA) is 106 Å². The van der Waals surface area contributed by atoms with Gasteiger partial charge in [0.2, 0.25) is 17.9 Å². The first kappa shape index (κ1) is 12.3. The molecule has 1 aromatic rings. The van der Waals surface area contributed by atoms with Crippen LogP contribution in [0.2, 0.25) is 0 Å². The largest absolute Gasteiger partial charge is 0.497 e. The third kappa shape index (κ3) is 2.35. The summed E-state index contributed by atoms with van der Waals surface area (Å²) in [7, 11) is 1.62. The molecular weight excluding hydrogens is 260 g/mol. The fourth-order valence-corrected chi connectivity index (χ4v) is 1.78. The zero-order valence-electron chi connectivity index (χ0n) is 10.7. The lowest BCUT2D eigenvalue weighted by atomic mass is 10.2. The lowest BCUT2D eigenvalue weighted by Gasteiger charge is -2.15. The summed E-state index contributed by atoms with van der Waals surface area (Å²) in [4.78, 5) is 7.98. The number of hydrogen-bond acceptors (Lipinski definition) is 8. The Morgan fingerprint density at radius 2 is 2.00 bits per heavy atom. The number of aliphatic imine (C=N–C) groups is 2. The Hall–Kier alpha value is -2.77. The number of nitrogens with zero attached hydrogens (tertiary/aromatic N) is 5. The molecule has 0 radical (unpaired) electrons. The number of nitrogens with two attached hydrogens (primary N) is 1. The molecule has 0 fully saturated rings. The Labute approximate surface area is 114 Å². The molecule has 0 saturated heterocycles. The molecule has 0 saturated carbocycles. The summed E-state index contributed by atoms with van der Waals surface area (Å²) in [6.45, 7) is 0.343. The van der Waals surface area contributed by atoms with E-state index in [1.807, 2.05) is 24.3 Å². The maximum Gasteiger partial charge on any atom is 0.227 e. The minimum absolute atomic E-state index is 0.0945. The van der Waals surface area contributed by atoms with Gasteiger partial charge in [0.25, 0.3) is 0 Å². The molecule has 102 valence electrons. The highest BCUT2D eigenvalue weighted by molar-refractivity contribution is 6.17. The molecule has 8 heteroatoms. The van der Waals surface area contributed by atoms with Crippen LogP contribution in [-0.4, -0.2) is 30.8 Å². The number of hydrogen-bond donors (Lipinski definition) is 1. The summed E-state index contributed by atoms with van der Waals surface area (Å²) in [5.41, 5.74) is 6.56. The summed E-state index contributed by atoms with van der Waals surface area (Å²) in [5.74, 6) is 1.65. The van der Waals surface area contributed by atoms with Crippen molar-refractivity contribution in [3.8, 4) is 5.75 Å². The Balaban J connectivity index is 1.69. The normalized spacial score (nSPS) is 19.9. The van der Waals surface area contributed by atoms with Gasteiger partial charge in [-0.05, 0) is 22.9 Å². The average Bonchev–Trinajstić information content (AvgIpc) is 2.93. The SMILES string of the molecule is COc1ccc(COC2=NC(N)=NC3=NN=NC32)cc1. The molecule has 2 heterocycles. The van der Waals surface area contributed by atoms with E-state index >= 15 is 0 Å². The second-order valence-electron chi connectivity index (χ2n) is 4.12. The monoisotopic (exact) mass is 272 g/mol. The minimum atomic E-state index is -0.486. The number of fused-ring (bicyclic) bond motifs is 1. The van der Waals surface area contributed by atoms with Gasteiger partial charge in [-0.3, -0.25) is 0 Å². The lowest BCUT2D eigenvalue weighted by molar-refractivity contribution is 0.283. The van der Waals surface area contributed by atoms with E-state index in [1.165, 1.54) is 0 Å². The van der Waals surface area contributed by atoms with Gasteiger partial charge in [0.15, 0.2) is 5.84 Å². The van der Waals surface area contributed by atoms with E-state index in [4.69, 9.17) is 15.2 Å². The van der Waals surface area contributed by atoms with Crippen LogP contribution in [0, 0.1) is 0 Å². The van der Waals surface area contributed by atoms with Crippen LogP contribution < -0.4 is 10.5 Å². The summed E-state index contributed by atoms with van der Waals surface area (Å²) in [5, 5.41) is 11.2.